The molecule has 0 amide bonds. The number of hydrogen-bond acceptors (Lipinski definition) is 0. The molecule has 0 bridgehead atoms. The molecule has 26 heavy (non-hydrogen) atoms. The van der Waals surface area contributed by atoms with Crippen LogP contribution in [0.5, 0.6) is 0 Å². The highest BCUT2D eigenvalue weighted by Crippen LogP contribution is 2.37. The molecule has 0 spiro atoms. The van der Waals surface area contributed by atoms with E-state index in [4.69, 9.17) is 0 Å². The Morgan fingerprint density at radius 2 is 1.42 bits per heavy atom. The lowest BCUT2D eigenvalue weighted by Crippen LogP contribution is -1.95. The molecule has 0 nitrogen and oxygen atoms in total. The summed E-state index contributed by atoms with van der Waals surface area (Å²) in [5.41, 5.74) is 7.98. The minimum atomic E-state index is 1.04. The second-order valence-electron chi connectivity index (χ2n) is 7.22. The molecule has 0 unspecified atom stereocenters. The van der Waals surface area contributed by atoms with E-state index in [2.05, 4.69) is 91.4 Å². The largest absolute Gasteiger partial charge is 0.105 e. The Bertz CT molecular complexity index is 1170. The van der Waals surface area contributed by atoms with Gasteiger partial charge < -0.3 is 0 Å². The normalized spacial score (nSPS) is 14.0. The standard InChI is InChI=1S/C26H17/c1-5-17-6-2-10-20-14-23(13-19(9-1)25(17)20)24-15-21-11-3-7-18-8-4-12-22(16-24)26(18)21/h1-7,9-16H,8H2/q+1. The summed E-state index contributed by atoms with van der Waals surface area (Å²) >= 11 is 0. The molecule has 0 radical (unpaired) electrons. The first-order valence-electron chi connectivity index (χ1n) is 9.18. The Morgan fingerprint density at radius 1 is 0.692 bits per heavy atom. The first-order chi connectivity index (χ1) is 12.9. The van der Waals surface area contributed by atoms with Crippen LogP contribution in [0.4, 0.5) is 0 Å². The molecule has 2 aliphatic carbocycles. The molecule has 0 saturated heterocycles. The monoisotopic (exact) mass is 329 g/mol. The third-order valence-electron chi connectivity index (χ3n) is 5.65. The predicted octanol–water partition coefficient (Wildman–Crippen LogP) is 6.81. The minimum Gasteiger partial charge on any atom is -0.0795 e. The van der Waals surface area contributed by atoms with Crippen molar-refractivity contribution in [1.82, 2.24) is 0 Å². The van der Waals surface area contributed by atoms with Crippen LogP contribution in [-0.4, -0.2) is 0 Å². The molecule has 0 heteroatoms. The molecule has 4 aromatic rings. The van der Waals surface area contributed by atoms with Crippen LogP contribution in [0.2, 0.25) is 0 Å². The van der Waals surface area contributed by atoms with Gasteiger partial charge >= 0.3 is 0 Å². The third-order valence-corrected chi connectivity index (χ3v) is 5.65. The highest BCUT2D eigenvalue weighted by atomic mass is 14.2. The molecular formula is C26H17+. The van der Waals surface area contributed by atoms with Gasteiger partial charge in [-0.3, -0.25) is 0 Å². The molecule has 0 saturated carbocycles. The number of hydrogen-bond donors (Lipinski definition) is 0. The van der Waals surface area contributed by atoms with Crippen LogP contribution >= 0.6 is 0 Å². The van der Waals surface area contributed by atoms with E-state index in [9.17, 15) is 0 Å². The Labute approximate surface area is 153 Å². The smallest absolute Gasteiger partial charge is 0.0795 e. The molecule has 120 valence electrons. The van der Waals surface area contributed by atoms with E-state index in [0.29, 0.717) is 0 Å². The van der Waals surface area contributed by atoms with Crippen LogP contribution in [-0.2, 0) is 6.42 Å². The van der Waals surface area contributed by atoms with Crippen LogP contribution in [0.1, 0.15) is 22.3 Å². The van der Waals surface area contributed by atoms with E-state index < -0.39 is 0 Å². The summed E-state index contributed by atoms with van der Waals surface area (Å²) in [5, 5.41) is 5.43. The zero-order valence-corrected chi connectivity index (χ0v) is 14.4. The SMILES string of the molecule is C1=Cc2cc(-c3cc4c5c(cccc5c3)CC=C4)cc3cccc(c23)[CH+]1. The Kier molecular flexibility index (Phi) is 2.75. The Balaban J connectivity index is 1.65. The van der Waals surface area contributed by atoms with Crippen LogP contribution < -0.4 is 0 Å². The van der Waals surface area contributed by atoms with Crippen molar-refractivity contribution in [3.63, 3.8) is 0 Å². The zero-order valence-electron chi connectivity index (χ0n) is 14.4. The number of rotatable bonds is 1. The fourth-order valence-corrected chi connectivity index (χ4v) is 4.51. The lowest BCUT2D eigenvalue weighted by atomic mass is 9.87. The molecule has 0 aliphatic heterocycles. The molecule has 0 atom stereocenters. The molecule has 4 aromatic carbocycles. The van der Waals surface area contributed by atoms with Gasteiger partial charge in [0.15, 0.2) is 0 Å². The number of allylic oxidation sites excluding steroid dienone is 2. The van der Waals surface area contributed by atoms with Crippen molar-refractivity contribution < 1.29 is 0 Å². The van der Waals surface area contributed by atoms with Gasteiger partial charge in [-0.25, -0.2) is 0 Å². The van der Waals surface area contributed by atoms with Crippen molar-refractivity contribution in [1.29, 1.82) is 0 Å². The Hall–Kier alpha value is -3.25. The quantitative estimate of drug-likeness (QED) is 0.337. The molecule has 2 aliphatic rings. The van der Waals surface area contributed by atoms with Gasteiger partial charge in [0.2, 0.25) is 0 Å². The fourth-order valence-electron chi connectivity index (χ4n) is 4.51. The van der Waals surface area contributed by atoms with E-state index in [1.807, 2.05) is 0 Å². The van der Waals surface area contributed by atoms with Crippen molar-refractivity contribution in [3.05, 3.63) is 101 Å². The van der Waals surface area contributed by atoms with Crippen molar-refractivity contribution in [2.75, 3.05) is 0 Å². The van der Waals surface area contributed by atoms with E-state index >= 15 is 0 Å². The third kappa shape index (κ3) is 1.93. The zero-order chi connectivity index (χ0) is 17.1. The number of benzene rings is 4. The lowest BCUT2D eigenvalue weighted by molar-refractivity contribution is 1.29. The second-order valence-corrected chi connectivity index (χ2v) is 7.22. The van der Waals surface area contributed by atoms with E-state index in [-0.39, 0.29) is 0 Å². The molecule has 0 aromatic heterocycles. The van der Waals surface area contributed by atoms with Crippen LogP contribution in [0, 0.1) is 6.42 Å². The summed E-state index contributed by atoms with van der Waals surface area (Å²) in [7, 11) is 0. The molecular weight excluding hydrogens is 312 g/mol. The second kappa shape index (κ2) is 5.12. The van der Waals surface area contributed by atoms with Gasteiger partial charge in [0.25, 0.3) is 0 Å². The van der Waals surface area contributed by atoms with Crippen molar-refractivity contribution in [2.45, 2.75) is 6.42 Å². The summed E-state index contributed by atoms with van der Waals surface area (Å²) in [4.78, 5) is 0. The van der Waals surface area contributed by atoms with E-state index in [1.54, 1.807) is 0 Å². The summed E-state index contributed by atoms with van der Waals surface area (Å²) in [5.74, 6) is 0. The Morgan fingerprint density at radius 3 is 2.27 bits per heavy atom. The van der Waals surface area contributed by atoms with E-state index in [0.717, 1.165) is 6.42 Å². The maximum Gasteiger partial charge on any atom is 0.105 e. The topological polar surface area (TPSA) is 0 Å². The average Bonchev–Trinajstić information content (AvgIpc) is 2.69. The van der Waals surface area contributed by atoms with Crippen LogP contribution in [0.25, 0.3) is 44.8 Å². The van der Waals surface area contributed by atoms with Gasteiger partial charge in [-0.15, -0.1) is 0 Å². The summed E-state index contributed by atoms with van der Waals surface area (Å²) in [6, 6.07) is 22.6. The van der Waals surface area contributed by atoms with Gasteiger partial charge in [-0.2, -0.15) is 0 Å². The molecule has 0 heterocycles. The summed E-state index contributed by atoms with van der Waals surface area (Å²) in [6.07, 6.45) is 12.2. The van der Waals surface area contributed by atoms with Crippen LogP contribution in [0.3, 0.4) is 0 Å². The van der Waals surface area contributed by atoms with Crippen LogP contribution in [0.15, 0.2) is 72.8 Å². The highest BCUT2D eigenvalue weighted by molar-refractivity contribution is 6.02. The molecule has 0 fully saturated rings. The maximum absolute atomic E-state index is 2.35. The van der Waals surface area contributed by atoms with E-state index in [1.165, 1.54) is 54.9 Å². The van der Waals surface area contributed by atoms with Gasteiger partial charge in [0.05, 0.1) is 10.9 Å². The highest BCUT2D eigenvalue weighted by Gasteiger charge is 2.18. The molecule has 6 rings (SSSR count). The van der Waals surface area contributed by atoms with Crippen molar-refractivity contribution in [2.24, 2.45) is 0 Å². The van der Waals surface area contributed by atoms with Gasteiger partial charge in [0, 0.05) is 30.0 Å². The van der Waals surface area contributed by atoms with Crippen molar-refractivity contribution in [3.8, 4) is 11.1 Å². The van der Waals surface area contributed by atoms with Crippen molar-refractivity contribution >= 4 is 33.7 Å². The first-order valence-corrected chi connectivity index (χ1v) is 9.18. The average molecular weight is 329 g/mol. The van der Waals surface area contributed by atoms with Gasteiger partial charge in [0.1, 0.15) is 5.56 Å². The fraction of sp³-hybridized carbons (Fsp3) is 0.0385. The molecule has 0 N–H and O–H groups in total. The minimum absolute atomic E-state index is 1.04. The maximum atomic E-state index is 2.35. The van der Waals surface area contributed by atoms with Gasteiger partial charge in [-0.1, -0.05) is 30.4 Å². The van der Waals surface area contributed by atoms with Gasteiger partial charge in [-0.05, 0) is 75.8 Å². The first kappa shape index (κ1) is 14.0. The summed E-state index contributed by atoms with van der Waals surface area (Å²) in [6.45, 7) is 0. The summed E-state index contributed by atoms with van der Waals surface area (Å²) < 4.78 is 0. The predicted molar refractivity (Wildman–Crippen MR) is 112 cm³/mol. The lowest BCUT2D eigenvalue weighted by Gasteiger charge is -2.15.